The molecule has 116 valence electrons. The van der Waals surface area contributed by atoms with Gasteiger partial charge in [-0.1, -0.05) is 28.1 Å². The van der Waals surface area contributed by atoms with Crippen molar-refractivity contribution in [3.8, 4) is 17.0 Å². The summed E-state index contributed by atoms with van der Waals surface area (Å²) in [7, 11) is 0. The Balaban J connectivity index is 1.72. The van der Waals surface area contributed by atoms with Gasteiger partial charge in [-0.05, 0) is 48.9 Å². The lowest BCUT2D eigenvalue weighted by atomic mass is 10.1. The molecule has 0 bridgehead atoms. The molecule has 0 spiro atoms. The zero-order valence-electron chi connectivity index (χ0n) is 12.3. The maximum absolute atomic E-state index is 9.31. The van der Waals surface area contributed by atoms with Gasteiger partial charge < -0.3 is 5.11 Å². The van der Waals surface area contributed by atoms with Gasteiger partial charge in [0.2, 0.25) is 5.13 Å². The summed E-state index contributed by atoms with van der Waals surface area (Å²) in [6, 6.07) is 15.0. The van der Waals surface area contributed by atoms with Crippen molar-refractivity contribution in [1.82, 2.24) is 4.98 Å². The van der Waals surface area contributed by atoms with Gasteiger partial charge in [-0.2, -0.15) is 5.10 Å². The largest absolute Gasteiger partial charge is 0.508 e. The maximum atomic E-state index is 9.31. The van der Waals surface area contributed by atoms with Crippen molar-refractivity contribution in [1.29, 1.82) is 0 Å². The number of nitrogens with zero attached hydrogens (tertiary/aromatic N) is 2. The Labute approximate surface area is 146 Å². The molecule has 2 aromatic carbocycles. The fourth-order valence-electron chi connectivity index (χ4n) is 1.98. The highest BCUT2D eigenvalue weighted by atomic mass is 79.9. The molecule has 3 aromatic rings. The number of anilines is 1. The van der Waals surface area contributed by atoms with Crippen molar-refractivity contribution in [2.75, 3.05) is 5.43 Å². The van der Waals surface area contributed by atoms with Crippen LogP contribution in [-0.2, 0) is 0 Å². The van der Waals surface area contributed by atoms with Crippen LogP contribution in [0.2, 0.25) is 0 Å². The number of hydrogen-bond donors (Lipinski definition) is 2. The second kappa shape index (κ2) is 6.93. The van der Waals surface area contributed by atoms with E-state index in [0.717, 1.165) is 32.1 Å². The number of benzene rings is 2. The van der Waals surface area contributed by atoms with Crippen LogP contribution in [0.3, 0.4) is 0 Å². The third-order valence-corrected chi connectivity index (χ3v) is 4.52. The molecule has 0 saturated heterocycles. The maximum Gasteiger partial charge on any atom is 0.203 e. The van der Waals surface area contributed by atoms with Crippen LogP contribution >= 0.6 is 27.3 Å². The Hall–Kier alpha value is -2.18. The normalized spacial score (nSPS) is 11.5. The Morgan fingerprint density at radius 1 is 1.13 bits per heavy atom. The second-order valence-corrected chi connectivity index (χ2v) is 6.67. The van der Waals surface area contributed by atoms with Crippen LogP contribution in [0.1, 0.15) is 12.5 Å². The van der Waals surface area contributed by atoms with Gasteiger partial charge in [0.1, 0.15) is 5.75 Å². The summed E-state index contributed by atoms with van der Waals surface area (Å²) in [6.07, 6.45) is 0. The zero-order chi connectivity index (χ0) is 16.2. The molecule has 0 aliphatic carbocycles. The minimum absolute atomic E-state index is 0.244. The van der Waals surface area contributed by atoms with Crippen LogP contribution in [0, 0.1) is 0 Å². The molecule has 1 aromatic heterocycles. The molecular formula is C17H14BrN3OS. The van der Waals surface area contributed by atoms with Crippen LogP contribution in [0.25, 0.3) is 11.3 Å². The monoisotopic (exact) mass is 387 g/mol. The number of hydrazone groups is 1. The molecular weight excluding hydrogens is 374 g/mol. The Morgan fingerprint density at radius 3 is 2.52 bits per heavy atom. The van der Waals surface area contributed by atoms with E-state index in [0.29, 0.717) is 0 Å². The van der Waals surface area contributed by atoms with E-state index in [4.69, 9.17) is 0 Å². The molecule has 0 aliphatic heterocycles. The number of aromatic nitrogens is 1. The number of aromatic hydroxyl groups is 1. The highest BCUT2D eigenvalue weighted by Crippen LogP contribution is 2.26. The molecule has 3 rings (SSSR count). The summed E-state index contributed by atoms with van der Waals surface area (Å²) in [4.78, 5) is 4.53. The highest BCUT2D eigenvalue weighted by Gasteiger charge is 2.04. The van der Waals surface area contributed by atoms with Gasteiger partial charge in [0.05, 0.1) is 11.4 Å². The average molecular weight is 388 g/mol. The molecule has 0 aliphatic rings. The Kier molecular flexibility index (Phi) is 4.73. The summed E-state index contributed by atoms with van der Waals surface area (Å²) < 4.78 is 1.05. The first-order valence-electron chi connectivity index (χ1n) is 6.93. The van der Waals surface area contributed by atoms with Crippen molar-refractivity contribution in [2.45, 2.75) is 6.92 Å². The van der Waals surface area contributed by atoms with Gasteiger partial charge in [0.25, 0.3) is 0 Å². The van der Waals surface area contributed by atoms with Crippen molar-refractivity contribution < 1.29 is 5.11 Å². The van der Waals surface area contributed by atoms with Gasteiger partial charge >= 0.3 is 0 Å². The van der Waals surface area contributed by atoms with Crippen LogP contribution in [0.5, 0.6) is 5.75 Å². The van der Waals surface area contributed by atoms with Gasteiger partial charge in [0.15, 0.2) is 0 Å². The van der Waals surface area contributed by atoms with Crippen molar-refractivity contribution in [2.24, 2.45) is 5.10 Å². The number of thiazole rings is 1. The van der Waals surface area contributed by atoms with E-state index in [1.807, 2.05) is 48.7 Å². The van der Waals surface area contributed by atoms with Gasteiger partial charge in [-0.3, -0.25) is 5.43 Å². The fourth-order valence-corrected chi connectivity index (χ4v) is 2.90. The highest BCUT2D eigenvalue weighted by molar-refractivity contribution is 9.10. The second-order valence-electron chi connectivity index (χ2n) is 4.90. The van der Waals surface area contributed by atoms with E-state index in [1.54, 1.807) is 12.1 Å². The molecule has 6 heteroatoms. The molecule has 4 nitrogen and oxygen atoms in total. The third-order valence-electron chi connectivity index (χ3n) is 3.25. The number of phenols is 1. The van der Waals surface area contributed by atoms with Gasteiger partial charge in [-0.15, -0.1) is 11.3 Å². The third kappa shape index (κ3) is 3.97. The molecule has 0 radical (unpaired) electrons. The van der Waals surface area contributed by atoms with Crippen LogP contribution in [-0.4, -0.2) is 15.8 Å². The molecule has 0 atom stereocenters. The first-order valence-corrected chi connectivity index (χ1v) is 8.60. The van der Waals surface area contributed by atoms with Crippen LogP contribution in [0.15, 0.2) is 63.5 Å². The molecule has 0 unspecified atom stereocenters. The predicted octanol–water partition coefficient (Wildman–Crippen LogP) is 5.11. The lowest BCUT2D eigenvalue weighted by Crippen LogP contribution is -1.99. The number of hydrogen-bond acceptors (Lipinski definition) is 5. The molecule has 0 saturated carbocycles. The Morgan fingerprint density at radius 2 is 1.83 bits per heavy atom. The number of halogens is 1. The average Bonchev–Trinajstić information content (AvgIpc) is 3.03. The topological polar surface area (TPSA) is 57.5 Å². The molecule has 0 amide bonds. The minimum Gasteiger partial charge on any atom is -0.508 e. The number of phenolic OH excluding ortho intramolecular Hbond substituents is 1. The van der Waals surface area contributed by atoms with E-state index in [9.17, 15) is 5.11 Å². The summed E-state index contributed by atoms with van der Waals surface area (Å²) >= 11 is 4.93. The Bertz CT molecular complexity index is 826. The number of nitrogens with one attached hydrogen (secondary N) is 1. The minimum atomic E-state index is 0.244. The fraction of sp³-hybridized carbons (Fsp3) is 0.0588. The predicted molar refractivity (Wildman–Crippen MR) is 99.2 cm³/mol. The summed E-state index contributed by atoms with van der Waals surface area (Å²) in [5.74, 6) is 0.244. The van der Waals surface area contributed by atoms with E-state index >= 15 is 0 Å². The molecule has 2 N–H and O–H groups in total. The standard InChI is InChI=1S/C17H14BrN3OS/c1-11(12-4-8-15(22)9-5-12)20-21-17-19-16(10-23-17)13-2-6-14(18)7-3-13/h2-10,22H,1H3,(H,19,21)/b20-11-. The SMILES string of the molecule is C/C(=N/Nc1nc(-c2ccc(Br)cc2)cs1)c1ccc(O)cc1. The van der Waals surface area contributed by atoms with E-state index in [2.05, 4.69) is 31.4 Å². The lowest BCUT2D eigenvalue weighted by molar-refractivity contribution is 0.475. The number of rotatable bonds is 4. The van der Waals surface area contributed by atoms with Crippen molar-refractivity contribution in [3.05, 3.63) is 63.9 Å². The molecule has 23 heavy (non-hydrogen) atoms. The van der Waals surface area contributed by atoms with Crippen LogP contribution in [0.4, 0.5) is 5.13 Å². The first kappa shape index (κ1) is 15.7. The lowest BCUT2D eigenvalue weighted by Gasteiger charge is -2.01. The van der Waals surface area contributed by atoms with Gasteiger partial charge in [-0.25, -0.2) is 4.98 Å². The first-order chi connectivity index (χ1) is 11.1. The molecule has 0 fully saturated rings. The van der Waals surface area contributed by atoms with Crippen LogP contribution < -0.4 is 5.43 Å². The van der Waals surface area contributed by atoms with E-state index in [-0.39, 0.29) is 5.75 Å². The smallest absolute Gasteiger partial charge is 0.203 e. The van der Waals surface area contributed by atoms with E-state index in [1.165, 1.54) is 11.3 Å². The van der Waals surface area contributed by atoms with Crippen molar-refractivity contribution in [3.63, 3.8) is 0 Å². The van der Waals surface area contributed by atoms with Gasteiger partial charge in [0, 0.05) is 15.4 Å². The summed E-state index contributed by atoms with van der Waals surface area (Å²) in [5.41, 5.74) is 6.74. The quantitative estimate of drug-likeness (QED) is 0.482. The van der Waals surface area contributed by atoms with Crippen molar-refractivity contribution >= 4 is 38.1 Å². The van der Waals surface area contributed by atoms with E-state index < -0.39 is 0 Å². The zero-order valence-corrected chi connectivity index (χ0v) is 14.7. The molecule has 1 heterocycles. The summed E-state index contributed by atoms with van der Waals surface area (Å²) in [5, 5.41) is 16.4. The summed E-state index contributed by atoms with van der Waals surface area (Å²) in [6.45, 7) is 1.91.